The molecule has 2 aromatic rings. The van der Waals surface area contributed by atoms with Crippen molar-refractivity contribution in [1.82, 2.24) is 0 Å². The van der Waals surface area contributed by atoms with E-state index in [0.717, 1.165) is 5.69 Å². The zero-order valence-corrected chi connectivity index (χ0v) is 11.5. The van der Waals surface area contributed by atoms with Crippen LogP contribution in [0.3, 0.4) is 0 Å². The molecule has 2 rings (SSSR count). The maximum atomic E-state index is 3.34. The molecule has 0 aromatic heterocycles. The van der Waals surface area contributed by atoms with Crippen LogP contribution < -0.4 is 4.72 Å². The Balaban J connectivity index is 1.86. The van der Waals surface area contributed by atoms with Crippen molar-refractivity contribution in [1.29, 1.82) is 0 Å². The first kappa shape index (κ1) is 13.0. The summed E-state index contributed by atoms with van der Waals surface area (Å²) < 4.78 is 3.34. The third-order valence-electron chi connectivity index (χ3n) is 2.80. The average Bonchev–Trinajstić information content (AvgIpc) is 2.45. The van der Waals surface area contributed by atoms with Crippen molar-refractivity contribution >= 4 is 17.6 Å². The molecule has 0 aliphatic rings. The summed E-state index contributed by atoms with van der Waals surface area (Å²) in [5.41, 5.74) is 2.57. The maximum Gasteiger partial charge on any atom is 0.0443 e. The van der Waals surface area contributed by atoms with Crippen molar-refractivity contribution in [2.75, 3.05) is 4.72 Å². The Kier molecular flexibility index (Phi) is 5.15. The molecular weight excluding hydrogens is 238 g/mol. The number of anilines is 1. The molecule has 0 radical (unpaired) electrons. The molecule has 0 spiro atoms. The van der Waals surface area contributed by atoms with Crippen LogP contribution in [0, 0.1) is 0 Å². The number of nitrogens with one attached hydrogen (secondary N) is 1. The Morgan fingerprint density at radius 3 is 2.33 bits per heavy atom. The van der Waals surface area contributed by atoms with E-state index in [-0.39, 0.29) is 0 Å². The van der Waals surface area contributed by atoms with E-state index < -0.39 is 0 Å². The average molecular weight is 257 g/mol. The van der Waals surface area contributed by atoms with Crippen LogP contribution in [0.1, 0.15) is 25.3 Å². The first-order chi connectivity index (χ1) is 8.88. The lowest BCUT2D eigenvalue weighted by molar-refractivity contribution is 0.794. The summed E-state index contributed by atoms with van der Waals surface area (Å²) >= 11 is 1.66. The topological polar surface area (TPSA) is 12.0 Å². The van der Waals surface area contributed by atoms with Crippen LogP contribution >= 0.6 is 11.9 Å². The van der Waals surface area contributed by atoms with Gasteiger partial charge in [-0.3, -0.25) is 0 Å². The van der Waals surface area contributed by atoms with Crippen molar-refractivity contribution in [3.63, 3.8) is 0 Å². The second kappa shape index (κ2) is 7.12. The fourth-order valence-electron chi connectivity index (χ4n) is 1.73. The zero-order chi connectivity index (χ0) is 12.6. The van der Waals surface area contributed by atoms with Crippen LogP contribution in [0.2, 0.25) is 0 Å². The number of aryl methyl sites for hydroxylation is 1. The van der Waals surface area contributed by atoms with Gasteiger partial charge in [-0.25, -0.2) is 0 Å². The fraction of sp³-hybridized carbons (Fsp3) is 0.250. The summed E-state index contributed by atoms with van der Waals surface area (Å²) in [6.07, 6.45) is 3.72. The van der Waals surface area contributed by atoms with Crippen LogP contribution in [0.15, 0.2) is 59.5 Å². The summed E-state index contributed by atoms with van der Waals surface area (Å²) in [7, 11) is 0. The minimum atomic E-state index is 1.14. The van der Waals surface area contributed by atoms with Gasteiger partial charge in [0.2, 0.25) is 0 Å². The van der Waals surface area contributed by atoms with Crippen molar-refractivity contribution < 1.29 is 0 Å². The molecule has 0 atom stereocenters. The molecule has 0 fully saturated rings. The SMILES string of the molecule is CCCCc1ccc(SNc2ccccc2)cc1. The van der Waals surface area contributed by atoms with Gasteiger partial charge in [0.25, 0.3) is 0 Å². The van der Waals surface area contributed by atoms with Gasteiger partial charge in [-0.2, -0.15) is 0 Å². The predicted octanol–water partition coefficient (Wildman–Crippen LogP) is 5.15. The molecule has 94 valence electrons. The number of hydrogen-bond acceptors (Lipinski definition) is 2. The maximum absolute atomic E-state index is 3.34. The molecule has 0 bridgehead atoms. The minimum Gasteiger partial charge on any atom is -0.326 e. The zero-order valence-electron chi connectivity index (χ0n) is 10.7. The Bertz CT molecular complexity index is 450. The molecule has 0 aliphatic heterocycles. The fourth-order valence-corrected chi connectivity index (χ4v) is 2.37. The molecule has 0 amide bonds. The van der Waals surface area contributed by atoms with E-state index in [1.54, 1.807) is 11.9 Å². The van der Waals surface area contributed by atoms with E-state index in [2.05, 4.69) is 48.0 Å². The summed E-state index contributed by atoms with van der Waals surface area (Å²) in [5.74, 6) is 0. The standard InChI is InChI=1S/C16H19NS/c1-2-3-7-14-10-12-16(13-11-14)18-17-15-8-5-4-6-9-15/h4-6,8-13,17H,2-3,7H2,1H3. The van der Waals surface area contributed by atoms with Gasteiger partial charge in [0, 0.05) is 10.6 Å². The third-order valence-corrected chi connectivity index (χ3v) is 3.65. The largest absolute Gasteiger partial charge is 0.326 e. The molecule has 2 heteroatoms. The normalized spacial score (nSPS) is 10.3. The Morgan fingerprint density at radius 2 is 1.67 bits per heavy atom. The van der Waals surface area contributed by atoms with E-state index >= 15 is 0 Å². The van der Waals surface area contributed by atoms with Gasteiger partial charge < -0.3 is 4.72 Å². The second-order valence-electron chi connectivity index (χ2n) is 4.32. The molecule has 1 N–H and O–H groups in total. The number of benzene rings is 2. The van der Waals surface area contributed by atoms with Crippen LogP contribution in [-0.2, 0) is 6.42 Å². The van der Waals surface area contributed by atoms with E-state index in [0.29, 0.717) is 0 Å². The van der Waals surface area contributed by atoms with E-state index in [1.807, 2.05) is 18.2 Å². The van der Waals surface area contributed by atoms with Crippen LogP contribution in [0.5, 0.6) is 0 Å². The van der Waals surface area contributed by atoms with Crippen molar-refractivity contribution in [2.24, 2.45) is 0 Å². The molecular formula is C16H19NS. The molecule has 18 heavy (non-hydrogen) atoms. The molecule has 2 aromatic carbocycles. The van der Waals surface area contributed by atoms with Crippen molar-refractivity contribution in [3.05, 3.63) is 60.2 Å². The summed E-state index contributed by atoms with van der Waals surface area (Å²) in [6, 6.07) is 19.1. The first-order valence-electron chi connectivity index (χ1n) is 6.45. The number of rotatable bonds is 6. The third kappa shape index (κ3) is 4.11. The van der Waals surface area contributed by atoms with Gasteiger partial charge in [0.1, 0.15) is 0 Å². The van der Waals surface area contributed by atoms with Crippen LogP contribution in [-0.4, -0.2) is 0 Å². The molecule has 0 saturated heterocycles. The van der Waals surface area contributed by atoms with Gasteiger partial charge in [0.15, 0.2) is 0 Å². The highest BCUT2D eigenvalue weighted by molar-refractivity contribution is 8.00. The Morgan fingerprint density at radius 1 is 0.944 bits per heavy atom. The van der Waals surface area contributed by atoms with Gasteiger partial charge in [-0.05, 0) is 54.6 Å². The second-order valence-corrected chi connectivity index (χ2v) is 5.20. The lowest BCUT2D eigenvalue weighted by Crippen LogP contribution is -1.87. The summed E-state index contributed by atoms with van der Waals surface area (Å²) in [6.45, 7) is 2.23. The quantitative estimate of drug-likeness (QED) is 0.718. The van der Waals surface area contributed by atoms with Gasteiger partial charge in [-0.15, -0.1) is 0 Å². The van der Waals surface area contributed by atoms with E-state index in [9.17, 15) is 0 Å². The molecule has 0 aliphatic carbocycles. The Labute approximate surface area is 114 Å². The molecule has 0 unspecified atom stereocenters. The lowest BCUT2D eigenvalue weighted by Gasteiger charge is -2.06. The van der Waals surface area contributed by atoms with Gasteiger partial charge in [-0.1, -0.05) is 43.7 Å². The Hall–Kier alpha value is -1.41. The first-order valence-corrected chi connectivity index (χ1v) is 7.27. The molecule has 0 heterocycles. The van der Waals surface area contributed by atoms with Crippen LogP contribution in [0.4, 0.5) is 5.69 Å². The highest BCUT2D eigenvalue weighted by atomic mass is 32.2. The summed E-state index contributed by atoms with van der Waals surface area (Å²) in [5, 5.41) is 0. The molecule has 0 saturated carbocycles. The number of unbranched alkanes of at least 4 members (excludes halogenated alkanes) is 1. The summed E-state index contributed by atoms with van der Waals surface area (Å²) in [4.78, 5) is 1.25. The number of para-hydroxylation sites is 1. The van der Waals surface area contributed by atoms with Gasteiger partial charge >= 0.3 is 0 Å². The van der Waals surface area contributed by atoms with E-state index in [1.165, 1.54) is 29.7 Å². The minimum absolute atomic E-state index is 1.14. The predicted molar refractivity (Wildman–Crippen MR) is 81.0 cm³/mol. The number of hydrogen-bond donors (Lipinski definition) is 1. The lowest BCUT2D eigenvalue weighted by atomic mass is 10.1. The highest BCUT2D eigenvalue weighted by Gasteiger charge is 1.96. The van der Waals surface area contributed by atoms with Gasteiger partial charge in [0.05, 0.1) is 0 Å². The molecule has 1 nitrogen and oxygen atoms in total. The highest BCUT2D eigenvalue weighted by Crippen LogP contribution is 2.21. The smallest absolute Gasteiger partial charge is 0.0443 e. The monoisotopic (exact) mass is 257 g/mol. The van der Waals surface area contributed by atoms with Crippen LogP contribution in [0.25, 0.3) is 0 Å². The van der Waals surface area contributed by atoms with E-state index in [4.69, 9.17) is 0 Å². The van der Waals surface area contributed by atoms with Crippen molar-refractivity contribution in [3.8, 4) is 0 Å². The van der Waals surface area contributed by atoms with Crippen molar-refractivity contribution in [2.45, 2.75) is 31.1 Å².